The quantitative estimate of drug-likeness (QED) is 0.482. The molecule has 0 saturated heterocycles. The lowest BCUT2D eigenvalue weighted by Gasteiger charge is -2.21. The number of aliphatic hydroxyl groups is 2. The zero-order valence-corrected chi connectivity index (χ0v) is 13.7. The van der Waals surface area contributed by atoms with Crippen LogP contribution in [0.2, 0.25) is 0 Å². The molecule has 122 valence electrons. The fourth-order valence-corrected chi connectivity index (χ4v) is 2.24. The van der Waals surface area contributed by atoms with Crippen LogP contribution in [-0.4, -0.2) is 98.5 Å². The molecule has 0 aliphatic carbocycles. The van der Waals surface area contributed by atoms with Gasteiger partial charge >= 0.3 is 0 Å². The molecule has 0 radical (unpaired) electrons. The Morgan fingerprint density at radius 1 is 0.500 bits per heavy atom. The van der Waals surface area contributed by atoms with E-state index in [9.17, 15) is 0 Å². The van der Waals surface area contributed by atoms with Gasteiger partial charge in [-0.3, -0.25) is 0 Å². The average molecular weight is 289 g/mol. The molecule has 0 aliphatic rings. The molecule has 0 atom stereocenters. The minimum atomic E-state index is 0.286. The fraction of sp³-hybridized carbons (Fsp3) is 1.00. The van der Waals surface area contributed by atoms with E-state index < -0.39 is 0 Å². The van der Waals surface area contributed by atoms with Crippen LogP contribution in [0, 0.1) is 0 Å². The zero-order valence-electron chi connectivity index (χ0n) is 13.7. The molecule has 0 aromatic rings. The van der Waals surface area contributed by atoms with Crippen molar-refractivity contribution in [3.63, 3.8) is 0 Å². The van der Waals surface area contributed by atoms with Gasteiger partial charge in [0.05, 0.1) is 0 Å². The van der Waals surface area contributed by atoms with Crippen molar-refractivity contribution >= 4 is 0 Å². The largest absolute Gasteiger partial charge is 0.396 e. The maximum atomic E-state index is 8.77. The van der Waals surface area contributed by atoms with Crippen molar-refractivity contribution in [2.75, 3.05) is 73.6 Å². The molecule has 0 spiro atoms. The molecule has 0 unspecified atom stereocenters. The second-order valence-corrected chi connectivity index (χ2v) is 5.77. The van der Waals surface area contributed by atoms with Crippen LogP contribution in [0.1, 0.15) is 25.7 Å². The smallest absolute Gasteiger partial charge is 0.0443 e. The lowest BCUT2D eigenvalue weighted by molar-refractivity contribution is 0.226. The summed E-state index contributed by atoms with van der Waals surface area (Å²) in [5.74, 6) is 0. The third kappa shape index (κ3) is 12.8. The molecule has 0 rings (SSSR count). The Balaban J connectivity index is 3.42. The van der Waals surface area contributed by atoms with E-state index >= 15 is 0 Å². The van der Waals surface area contributed by atoms with Crippen molar-refractivity contribution < 1.29 is 10.2 Å². The van der Waals surface area contributed by atoms with E-state index in [-0.39, 0.29) is 13.2 Å². The zero-order chi connectivity index (χ0) is 15.2. The normalized spacial score (nSPS) is 12.0. The SMILES string of the molecule is CN(CCCO)CCCN(C)CCCN(C)CCCO. The predicted molar refractivity (Wildman–Crippen MR) is 85.1 cm³/mol. The molecule has 0 aromatic carbocycles. The molecule has 20 heavy (non-hydrogen) atoms. The summed E-state index contributed by atoms with van der Waals surface area (Å²) in [4.78, 5) is 6.96. The molecule has 0 fully saturated rings. The second kappa shape index (κ2) is 13.8. The van der Waals surface area contributed by atoms with E-state index in [1.165, 1.54) is 12.8 Å². The lowest BCUT2D eigenvalue weighted by atomic mass is 10.3. The van der Waals surface area contributed by atoms with Gasteiger partial charge in [0.25, 0.3) is 0 Å². The molecule has 0 aromatic heterocycles. The number of hydrogen-bond acceptors (Lipinski definition) is 5. The van der Waals surface area contributed by atoms with Crippen molar-refractivity contribution in [1.29, 1.82) is 0 Å². The maximum Gasteiger partial charge on any atom is 0.0443 e. The Kier molecular flexibility index (Phi) is 13.6. The first kappa shape index (κ1) is 19.8. The van der Waals surface area contributed by atoms with E-state index in [2.05, 4.69) is 35.8 Å². The van der Waals surface area contributed by atoms with E-state index in [4.69, 9.17) is 10.2 Å². The first-order chi connectivity index (χ1) is 9.60. The minimum absolute atomic E-state index is 0.286. The number of hydrogen-bond donors (Lipinski definition) is 2. The van der Waals surface area contributed by atoms with Crippen LogP contribution in [0.4, 0.5) is 0 Å². The highest BCUT2D eigenvalue weighted by molar-refractivity contribution is 4.58. The Morgan fingerprint density at radius 2 is 0.750 bits per heavy atom. The summed E-state index contributed by atoms with van der Waals surface area (Å²) in [5, 5.41) is 17.5. The van der Waals surface area contributed by atoms with Gasteiger partial charge in [0.1, 0.15) is 0 Å². The molecule has 0 heterocycles. The van der Waals surface area contributed by atoms with Crippen molar-refractivity contribution in [1.82, 2.24) is 14.7 Å². The van der Waals surface area contributed by atoms with Crippen molar-refractivity contribution in [3.05, 3.63) is 0 Å². The molecule has 0 bridgehead atoms. The molecule has 0 amide bonds. The Labute approximate surface area is 125 Å². The molecule has 0 aliphatic heterocycles. The fourth-order valence-electron chi connectivity index (χ4n) is 2.24. The van der Waals surface area contributed by atoms with Crippen molar-refractivity contribution in [3.8, 4) is 0 Å². The standard InChI is InChI=1S/C15H35N3O2/c1-16(8-4-10-17(2)12-6-14-19)9-5-11-18(3)13-7-15-20/h19-20H,4-15H2,1-3H3. The Bertz CT molecular complexity index is 186. The van der Waals surface area contributed by atoms with E-state index in [1.54, 1.807) is 0 Å². The van der Waals surface area contributed by atoms with Crippen LogP contribution in [0.3, 0.4) is 0 Å². The number of aliphatic hydroxyl groups excluding tert-OH is 2. The third-order valence-electron chi connectivity index (χ3n) is 3.56. The van der Waals surface area contributed by atoms with Crippen LogP contribution in [0.25, 0.3) is 0 Å². The van der Waals surface area contributed by atoms with Gasteiger partial charge in [-0.25, -0.2) is 0 Å². The third-order valence-corrected chi connectivity index (χ3v) is 3.56. The molecular formula is C15H35N3O2. The van der Waals surface area contributed by atoms with E-state index in [0.29, 0.717) is 0 Å². The minimum Gasteiger partial charge on any atom is -0.396 e. The van der Waals surface area contributed by atoms with Crippen molar-refractivity contribution in [2.24, 2.45) is 0 Å². The van der Waals surface area contributed by atoms with Crippen LogP contribution in [0.15, 0.2) is 0 Å². The van der Waals surface area contributed by atoms with Gasteiger partial charge in [-0.15, -0.1) is 0 Å². The average Bonchev–Trinajstić information content (AvgIpc) is 2.42. The predicted octanol–water partition coefficient (Wildman–Crippen LogP) is 0.327. The second-order valence-electron chi connectivity index (χ2n) is 5.77. The van der Waals surface area contributed by atoms with E-state index in [0.717, 1.165) is 52.1 Å². The molecule has 5 heteroatoms. The summed E-state index contributed by atoms with van der Waals surface area (Å²) in [5.41, 5.74) is 0. The maximum absolute atomic E-state index is 8.77. The summed E-state index contributed by atoms with van der Waals surface area (Å²) in [6.07, 6.45) is 4.09. The highest BCUT2D eigenvalue weighted by Gasteiger charge is 2.02. The first-order valence-electron chi connectivity index (χ1n) is 7.87. The first-order valence-corrected chi connectivity index (χ1v) is 7.87. The molecule has 0 saturated carbocycles. The Morgan fingerprint density at radius 3 is 1.00 bits per heavy atom. The summed E-state index contributed by atoms with van der Waals surface area (Å²) < 4.78 is 0. The van der Waals surface area contributed by atoms with E-state index in [1.807, 2.05) is 0 Å². The highest BCUT2D eigenvalue weighted by Crippen LogP contribution is 1.96. The molecule has 5 nitrogen and oxygen atoms in total. The van der Waals surface area contributed by atoms with Gasteiger partial charge in [0.15, 0.2) is 0 Å². The highest BCUT2D eigenvalue weighted by atomic mass is 16.3. The van der Waals surface area contributed by atoms with Crippen LogP contribution in [-0.2, 0) is 0 Å². The summed E-state index contributed by atoms with van der Waals surface area (Å²) >= 11 is 0. The summed E-state index contributed by atoms with van der Waals surface area (Å²) in [6.45, 7) is 6.99. The van der Waals surface area contributed by atoms with Crippen LogP contribution >= 0.6 is 0 Å². The summed E-state index contributed by atoms with van der Waals surface area (Å²) in [7, 11) is 6.42. The van der Waals surface area contributed by atoms with Gasteiger partial charge in [-0.05, 0) is 73.0 Å². The Hall–Kier alpha value is -0.200. The number of nitrogens with zero attached hydrogens (tertiary/aromatic N) is 3. The molecule has 2 N–H and O–H groups in total. The topological polar surface area (TPSA) is 50.2 Å². The lowest BCUT2D eigenvalue weighted by Crippen LogP contribution is -2.29. The van der Waals surface area contributed by atoms with Gasteiger partial charge in [-0.2, -0.15) is 0 Å². The van der Waals surface area contributed by atoms with Crippen molar-refractivity contribution in [2.45, 2.75) is 25.7 Å². The molecular weight excluding hydrogens is 254 g/mol. The van der Waals surface area contributed by atoms with Gasteiger partial charge in [0, 0.05) is 26.3 Å². The summed E-state index contributed by atoms with van der Waals surface area (Å²) in [6, 6.07) is 0. The van der Waals surface area contributed by atoms with Crippen LogP contribution in [0.5, 0.6) is 0 Å². The van der Waals surface area contributed by atoms with Crippen LogP contribution < -0.4 is 0 Å². The van der Waals surface area contributed by atoms with Gasteiger partial charge in [-0.1, -0.05) is 0 Å². The van der Waals surface area contributed by atoms with Gasteiger partial charge in [0.2, 0.25) is 0 Å². The number of rotatable bonds is 14. The van der Waals surface area contributed by atoms with Gasteiger partial charge < -0.3 is 24.9 Å². The monoisotopic (exact) mass is 289 g/mol.